The lowest BCUT2D eigenvalue weighted by Gasteiger charge is -2.09. The minimum absolute atomic E-state index is 0.0104. The van der Waals surface area contributed by atoms with Gasteiger partial charge >= 0.3 is 0 Å². The van der Waals surface area contributed by atoms with Crippen LogP contribution < -0.4 is 10.7 Å². The topological polar surface area (TPSA) is 70.6 Å². The molecule has 0 unspecified atom stereocenters. The lowest BCUT2D eigenvalue weighted by Crippen LogP contribution is -2.32. The fourth-order valence-electron chi connectivity index (χ4n) is 2.25. The molecule has 2 aromatic carbocycles. The van der Waals surface area contributed by atoms with Crippen molar-refractivity contribution in [2.75, 3.05) is 0 Å². The standard InChI is InChI=1S/C21H16FN3O2S/c22-17-10-8-15(9-11-17)13-19(24-20(26)16-5-2-1-3-6-16)21(27)25-23-14-18-7-4-12-28-18/h1-14H,(H,24,26)(H,25,27)/b19-13-,23-14?. The summed E-state index contributed by atoms with van der Waals surface area (Å²) < 4.78 is 13.1. The Kier molecular flexibility index (Phi) is 6.43. The van der Waals surface area contributed by atoms with Gasteiger partial charge in [0.1, 0.15) is 11.5 Å². The second-order valence-electron chi connectivity index (χ2n) is 5.64. The van der Waals surface area contributed by atoms with E-state index >= 15 is 0 Å². The fourth-order valence-corrected chi connectivity index (χ4v) is 2.83. The largest absolute Gasteiger partial charge is 0.317 e. The van der Waals surface area contributed by atoms with Crippen LogP contribution >= 0.6 is 11.3 Å². The molecule has 5 nitrogen and oxygen atoms in total. The van der Waals surface area contributed by atoms with Crippen LogP contribution in [0.2, 0.25) is 0 Å². The van der Waals surface area contributed by atoms with Gasteiger partial charge in [-0.3, -0.25) is 9.59 Å². The van der Waals surface area contributed by atoms with Crippen molar-refractivity contribution in [3.8, 4) is 0 Å². The zero-order chi connectivity index (χ0) is 19.8. The summed E-state index contributed by atoms with van der Waals surface area (Å²) in [5.41, 5.74) is 3.34. The Hall–Kier alpha value is -3.58. The minimum Gasteiger partial charge on any atom is -0.317 e. The van der Waals surface area contributed by atoms with E-state index in [2.05, 4.69) is 15.8 Å². The molecule has 28 heavy (non-hydrogen) atoms. The molecular weight excluding hydrogens is 377 g/mol. The Morgan fingerprint density at radius 2 is 1.71 bits per heavy atom. The Labute approximate surface area is 165 Å². The van der Waals surface area contributed by atoms with Gasteiger partial charge in [-0.25, -0.2) is 9.82 Å². The Balaban J connectivity index is 1.79. The molecule has 1 aromatic heterocycles. The molecule has 0 saturated heterocycles. The summed E-state index contributed by atoms with van der Waals surface area (Å²) in [7, 11) is 0. The molecule has 0 aliphatic rings. The van der Waals surface area contributed by atoms with E-state index in [1.807, 2.05) is 17.5 Å². The van der Waals surface area contributed by atoms with Gasteiger partial charge in [0.15, 0.2) is 0 Å². The van der Waals surface area contributed by atoms with Crippen molar-refractivity contribution in [2.45, 2.75) is 0 Å². The van der Waals surface area contributed by atoms with E-state index in [1.165, 1.54) is 47.9 Å². The fraction of sp³-hybridized carbons (Fsp3) is 0. The van der Waals surface area contributed by atoms with Gasteiger partial charge < -0.3 is 5.32 Å². The number of thiophene rings is 1. The third kappa shape index (κ3) is 5.46. The molecular formula is C21H16FN3O2S. The van der Waals surface area contributed by atoms with Gasteiger partial charge in [0.05, 0.1) is 6.21 Å². The predicted octanol–water partition coefficient (Wildman–Crippen LogP) is 3.81. The molecule has 7 heteroatoms. The lowest BCUT2D eigenvalue weighted by atomic mass is 10.1. The maximum atomic E-state index is 13.1. The highest BCUT2D eigenvalue weighted by Gasteiger charge is 2.14. The predicted molar refractivity (Wildman–Crippen MR) is 108 cm³/mol. The molecule has 0 atom stereocenters. The molecule has 1 heterocycles. The Bertz CT molecular complexity index is 998. The first kappa shape index (κ1) is 19.2. The van der Waals surface area contributed by atoms with Crippen molar-refractivity contribution >= 4 is 35.4 Å². The average Bonchev–Trinajstić information content (AvgIpc) is 3.23. The van der Waals surface area contributed by atoms with E-state index in [1.54, 1.807) is 30.3 Å². The monoisotopic (exact) mass is 393 g/mol. The second-order valence-corrected chi connectivity index (χ2v) is 6.62. The summed E-state index contributed by atoms with van der Waals surface area (Å²) in [6, 6.07) is 17.8. The van der Waals surface area contributed by atoms with Gasteiger partial charge in [-0.2, -0.15) is 5.10 Å². The maximum Gasteiger partial charge on any atom is 0.287 e. The number of halogens is 1. The van der Waals surface area contributed by atoms with Crippen LogP contribution in [-0.4, -0.2) is 18.0 Å². The molecule has 0 bridgehead atoms. The molecule has 3 rings (SSSR count). The molecule has 2 N–H and O–H groups in total. The number of hydrogen-bond donors (Lipinski definition) is 2. The smallest absolute Gasteiger partial charge is 0.287 e. The number of benzene rings is 2. The number of carbonyl (C=O) groups is 2. The van der Waals surface area contributed by atoms with Crippen LogP contribution in [0.15, 0.2) is 82.9 Å². The third-order valence-corrected chi connectivity index (χ3v) is 4.42. The van der Waals surface area contributed by atoms with Gasteiger partial charge in [-0.15, -0.1) is 11.3 Å². The zero-order valence-electron chi connectivity index (χ0n) is 14.6. The van der Waals surface area contributed by atoms with Crippen molar-refractivity contribution in [3.63, 3.8) is 0 Å². The molecule has 0 aliphatic heterocycles. The Morgan fingerprint density at radius 3 is 2.39 bits per heavy atom. The zero-order valence-corrected chi connectivity index (χ0v) is 15.4. The number of rotatable bonds is 6. The van der Waals surface area contributed by atoms with E-state index < -0.39 is 17.6 Å². The molecule has 140 valence electrons. The number of amides is 2. The highest BCUT2D eigenvalue weighted by atomic mass is 32.1. The average molecular weight is 393 g/mol. The molecule has 3 aromatic rings. The number of hydrogen-bond acceptors (Lipinski definition) is 4. The lowest BCUT2D eigenvalue weighted by molar-refractivity contribution is -0.117. The maximum absolute atomic E-state index is 13.1. The number of hydrazone groups is 1. The number of carbonyl (C=O) groups excluding carboxylic acids is 2. The van der Waals surface area contributed by atoms with Gasteiger partial charge in [-0.05, 0) is 47.4 Å². The highest BCUT2D eigenvalue weighted by molar-refractivity contribution is 7.11. The minimum atomic E-state index is -0.596. The van der Waals surface area contributed by atoms with Crippen molar-refractivity contribution < 1.29 is 14.0 Å². The first-order valence-corrected chi connectivity index (χ1v) is 9.20. The quantitative estimate of drug-likeness (QED) is 0.380. The highest BCUT2D eigenvalue weighted by Crippen LogP contribution is 2.09. The van der Waals surface area contributed by atoms with Crippen LogP contribution in [0.5, 0.6) is 0 Å². The van der Waals surface area contributed by atoms with E-state index in [9.17, 15) is 14.0 Å². The molecule has 2 amide bonds. The summed E-state index contributed by atoms with van der Waals surface area (Å²) in [6.45, 7) is 0. The normalized spacial score (nSPS) is 11.4. The number of nitrogens with zero attached hydrogens (tertiary/aromatic N) is 1. The van der Waals surface area contributed by atoms with Crippen LogP contribution in [0.25, 0.3) is 6.08 Å². The van der Waals surface area contributed by atoms with E-state index in [0.29, 0.717) is 11.1 Å². The van der Waals surface area contributed by atoms with Crippen LogP contribution in [-0.2, 0) is 4.79 Å². The van der Waals surface area contributed by atoms with Crippen LogP contribution in [0, 0.1) is 5.82 Å². The molecule has 0 fully saturated rings. The third-order valence-electron chi connectivity index (χ3n) is 3.61. The Morgan fingerprint density at radius 1 is 0.964 bits per heavy atom. The summed E-state index contributed by atoms with van der Waals surface area (Å²) in [6.07, 6.45) is 2.97. The van der Waals surface area contributed by atoms with Gasteiger partial charge in [0.2, 0.25) is 0 Å². The molecule has 0 saturated carbocycles. The molecule has 0 spiro atoms. The summed E-state index contributed by atoms with van der Waals surface area (Å²) >= 11 is 1.47. The van der Waals surface area contributed by atoms with E-state index in [4.69, 9.17) is 0 Å². The van der Waals surface area contributed by atoms with Crippen LogP contribution in [0.1, 0.15) is 20.8 Å². The van der Waals surface area contributed by atoms with Crippen molar-refractivity contribution in [3.05, 3.63) is 99.6 Å². The van der Waals surface area contributed by atoms with Crippen molar-refractivity contribution in [1.82, 2.24) is 10.7 Å². The SMILES string of the molecule is O=C(NN=Cc1cccs1)/C(=C/c1ccc(F)cc1)NC(=O)c1ccccc1. The van der Waals surface area contributed by atoms with Gasteiger partial charge in [0, 0.05) is 10.4 Å². The van der Waals surface area contributed by atoms with Crippen LogP contribution in [0.3, 0.4) is 0 Å². The van der Waals surface area contributed by atoms with Crippen LogP contribution in [0.4, 0.5) is 4.39 Å². The summed E-state index contributed by atoms with van der Waals surface area (Å²) in [5.74, 6) is -1.43. The van der Waals surface area contributed by atoms with E-state index in [-0.39, 0.29) is 5.70 Å². The first-order valence-electron chi connectivity index (χ1n) is 8.32. The molecule has 0 radical (unpaired) electrons. The number of nitrogens with one attached hydrogen (secondary N) is 2. The first-order chi connectivity index (χ1) is 13.6. The molecule has 0 aliphatic carbocycles. The van der Waals surface area contributed by atoms with Crippen molar-refractivity contribution in [2.24, 2.45) is 5.10 Å². The van der Waals surface area contributed by atoms with E-state index in [0.717, 1.165) is 4.88 Å². The van der Waals surface area contributed by atoms with Crippen molar-refractivity contribution in [1.29, 1.82) is 0 Å². The second kappa shape index (κ2) is 9.38. The summed E-state index contributed by atoms with van der Waals surface area (Å²) in [5, 5.41) is 8.38. The summed E-state index contributed by atoms with van der Waals surface area (Å²) in [4.78, 5) is 25.8. The van der Waals surface area contributed by atoms with Gasteiger partial charge in [0.25, 0.3) is 11.8 Å². The van der Waals surface area contributed by atoms with Gasteiger partial charge in [-0.1, -0.05) is 36.4 Å².